The topological polar surface area (TPSA) is 61.8 Å². The predicted octanol–water partition coefficient (Wildman–Crippen LogP) is 1.25. The fourth-order valence-electron chi connectivity index (χ4n) is 3.04. The standard InChI is InChI=1S/C17H26N2O3/c1-12-6-4-7-13(2)16(12)22-11-14(20)10-19-9-5-8-15(19)17(21)18-3/h4,6-7,14-15,20H,5,8-11H2,1-3H3,(H,18,21). The van der Waals surface area contributed by atoms with Gasteiger partial charge in [0, 0.05) is 13.6 Å². The van der Waals surface area contributed by atoms with Crippen LogP contribution in [0.5, 0.6) is 5.75 Å². The summed E-state index contributed by atoms with van der Waals surface area (Å²) in [6.07, 6.45) is 1.23. The second kappa shape index (κ2) is 7.61. The minimum absolute atomic E-state index is 0.0281. The largest absolute Gasteiger partial charge is 0.490 e. The molecule has 0 aliphatic carbocycles. The van der Waals surface area contributed by atoms with E-state index >= 15 is 0 Å². The van der Waals surface area contributed by atoms with E-state index in [2.05, 4.69) is 5.32 Å². The molecule has 0 bridgehead atoms. The molecule has 2 unspecified atom stereocenters. The van der Waals surface area contributed by atoms with Crippen molar-refractivity contribution < 1.29 is 14.6 Å². The molecule has 22 heavy (non-hydrogen) atoms. The van der Waals surface area contributed by atoms with Crippen molar-refractivity contribution >= 4 is 5.91 Å². The molecule has 5 heteroatoms. The first-order chi connectivity index (χ1) is 10.5. The average molecular weight is 306 g/mol. The van der Waals surface area contributed by atoms with Crippen LogP contribution in [0.1, 0.15) is 24.0 Å². The summed E-state index contributed by atoms with van der Waals surface area (Å²) in [5.41, 5.74) is 2.13. The number of carbonyl (C=O) groups is 1. The Morgan fingerprint density at radius 1 is 1.45 bits per heavy atom. The monoisotopic (exact) mass is 306 g/mol. The zero-order valence-corrected chi connectivity index (χ0v) is 13.6. The molecule has 1 aromatic rings. The maximum Gasteiger partial charge on any atom is 0.237 e. The summed E-state index contributed by atoms with van der Waals surface area (Å²) in [5, 5.41) is 12.9. The maximum absolute atomic E-state index is 11.8. The van der Waals surface area contributed by atoms with Crippen LogP contribution in [-0.4, -0.2) is 54.8 Å². The molecular weight excluding hydrogens is 280 g/mol. The fourth-order valence-corrected chi connectivity index (χ4v) is 3.04. The van der Waals surface area contributed by atoms with E-state index < -0.39 is 6.10 Å². The van der Waals surface area contributed by atoms with E-state index in [0.29, 0.717) is 6.54 Å². The first-order valence-electron chi connectivity index (χ1n) is 7.85. The number of nitrogens with one attached hydrogen (secondary N) is 1. The van der Waals surface area contributed by atoms with Gasteiger partial charge in [0.1, 0.15) is 18.5 Å². The van der Waals surface area contributed by atoms with E-state index in [-0.39, 0.29) is 18.6 Å². The Balaban J connectivity index is 1.88. The van der Waals surface area contributed by atoms with Gasteiger partial charge >= 0.3 is 0 Å². The molecule has 2 N–H and O–H groups in total. The molecule has 1 fully saturated rings. The van der Waals surface area contributed by atoms with Crippen molar-refractivity contribution in [1.29, 1.82) is 0 Å². The molecular formula is C17H26N2O3. The number of para-hydroxylation sites is 1. The number of β-amino-alcohol motifs (C(OH)–C–C–N with tert-alkyl or cyclic N) is 1. The zero-order chi connectivity index (χ0) is 16.1. The molecule has 0 aromatic heterocycles. The van der Waals surface area contributed by atoms with Gasteiger partial charge < -0.3 is 15.2 Å². The molecule has 5 nitrogen and oxygen atoms in total. The van der Waals surface area contributed by atoms with E-state index in [1.807, 2.05) is 36.9 Å². The Labute approximate surface area is 132 Å². The van der Waals surface area contributed by atoms with Gasteiger partial charge in [-0.05, 0) is 44.4 Å². The zero-order valence-electron chi connectivity index (χ0n) is 13.6. The van der Waals surface area contributed by atoms with Gasteiger partial charge in [-0.2, -0.15) is 0 Å². The van der Waals surface area contributed by atoms with Crippen molar-refractivity contribution in [2.45, 2.75) is 38.8 Å². The van der Waals surface area contributed by atoms with E-state index in [1.54, 1.807) is 7.05 Å². The van der Waals surface area contributed by atoms with Gasteiger partial charge in [-0.1, -0.05) is 18.2 Å². The van der Waals surface area contributed by atoms with E-state index in [0.717, 1.165) is 36.3 Å². The van der Waals surface area contributed by atoms with Gasteiger partial charge in [-0.3, -0.25) is 9.69 Å². The first kappa shape index (κ1) is 16.8. The molecule has 1 saturated heterocycles. The third-order valence-corrected chi connectivity index (χ3v) is 4.19. The lowest BCUT2D eigenvalue weighted by atomic mass is 10.1. The maximum atomic E-state index is 11.8. The van der Waals surface area contributed by atoms with Crippen LogP contribution < -0.4 is 10.1 Å². The average Bonchev–Trinajstić information content (AvgIpc) is 2.94. The van der Waals surface area contributed by atoms with Crippen LogP contribution in [0.4, 0.5) is 0 Å². The normalized spacial score (nSPS) is 19.9. The van der Waals surface area contributed by atoms with E-state index in [1.165, 1.54) is 0 Å². The van der Waals surface area contributed by atoms with Crippen molar-refractivity contribution in [2.24, 2.45) is 0 Å². The number of aliphatic hydroxyl groups excluding tert-OH is 1. The number of aliphatic hydroxyl groups is 1. The van der Waals surface area contributed by atoms with E-state index in [4.69, 9.17) is 4.74 Å². The smallest absolute Gasteiger partial charge is 0.237 e. The molecule has 1 aliphatic rings. The predicted molar refractivity (Wildman–Crippen MR) is 86.1 cm³/mol. The molecule has 2 atom stereocenters. The van der Waals surface area contributed by atoms with Crippen molar-refractivity contribution in [2.75, 3.05) is 26.7 Å². The van der Waals surface area contributed by atoms with Gasteiger partial charge in [0.15, 0.2) is 0 Å². The number of benzene rings is 1. The fraction of sp³-hybridized carbons (Fsp3) is 0.588. The number of amides is 1. The third kappa shape index (κ3) is 3.99. The van der Waals surface area contributed by atoms with Crippen LogP contribution in [-0.2, 0) is 4.79 Å². The lowest BCUT2D eigenvalue weighted by Gasteiger charge is -2.25. The van der Waals surface area contributed by atoms with Crippen LogP contribution in [0.25, 0.3) is 0 Å². The number of aryl methyl sites for hydroxylation is 2. The molecule has 1 aromatic carbocycles. The Kier molecular flexibility index (Phi) is 5.80. The highest BCUT2D eigenvalue weighted by Crippen LogP contribution is 2.23. The summed E-state index contributed by atoms with van der Waals surface area (Å²) in [7, 11) is 1.65. The second-order valence-electron chi connectivity index (χ2n) is 5.95. The minimum atomic E-state index is -0.607. The Morgan fingerprint density at radius 3 is 2.77 bits per heavy atom. The van der Waals surface area contributed by atoms with Crippen LogP contribution in [0.3, 0.4) is 0 Å². The quantitative estimate of drug-likeness (QED) is 0.830. The van der Waals surface area contributed by atoms with Gasteiger partial charge in [-0.15, -0.1) is 0 Å². The van der Waals surface area contributed by atoms with Crippen LogP contribution in [0, 0.1) is 13.8 Å². The summed E-state index contributed by atoms with van der Waals surface area (Å²) >= 11 is 0. The molecule has 0 spiro atoms. The Morgan fingerprint density at radius 2 is 2.14 bits per heavy atom. The number of nitrogens with zero attached hydrogens (tertiary/aromatic N) is 1. The molecule has 1 heterocycles. The summed E-state index contributed by atoms with van der Waals surface area (Å²) in [5.74, 6) is 0.867. The van der Waals surface area contributed by atoms with Crippen molar-refractivity contribution in [3.8, 4) is 5.75 Å². The number of likely N-dealkylation sites (N-methyl/N-ethyl adjacent to an activating group) is 1. The lowest BCUT2D eigenvalue weighted by molar-refractivity contribution is -0.125. The number of likely N-dealkylation sites (tertiary alicyclic amines) is 1. The van der Waals surface area contributed by atoms with Crippen LogP contribution in [0.2, 0.25) is 0 Å². The summed E-state index contributed by atoms with van der Waals surface area (Å²) in [4.78, 5) is 13.8. The minimum Gasteiger partial charge on any atom is -0.490 e. The summed E-state index contributed by atoms with van der Waals surface area (Å²) in [6.45, 7) is 5.54. The number of carbonyl (C=O) groups excluding carboxylic acids is 1. The highest BCUT2D eigenvalue weighted by Gasteiger charge is 2.31. The highest BCUT2D eigenvalue weighted by atomic mass is 16.5. The van der Waals surface area contributed by atoms with Crippen LogP contribution >= 0.6 is 0 Å². The Bertz CT molecular complexity index is 498. The molecule has 122 valence electrons. The Hall–Kier alpha value is -1.59. The summed E-state index contributed by atoms with van der Waals surface area (Å²) in [6, 6.07) is 5.86. The molecule has 1 aliphatic heterocycles. The second-order valence-corrected chi connectivity index (χ2v) is 5.95. The first-order valence-corrected chi connectivity index (χ1v) is 7.85. The van der Waals surface area contributed by atoms with Crippen molar-refractivity contribution in [3.05, 3.63) is 29.3 Å². The van der Waals surface area contributed by atoms with E-state index in [9.17, 15) is 9.90 Å². The van der Waals surface area contributed by atoms with Gasteiger partial charge in [0.2, 0.25) is 5.91 Å². The molecule has 0 radical (unpaired) electrons. The number of hydrogen-bond acceptors (Lipinski definition) is 4. The number of rotatable bonds is 6. The van der Waals surface area contributed by atoms with Crippen molar-refractivity contribution in [1.82, 2.24) is 10.2 Å². The van der Waals surface area contributed by atoms with Gasteiger partial charge in [0.05, 0.1) is 6.04 Å². The lowest BCUT2D eigenvalue weighted by Crippen LogP contribution is -2.45. The molecule has 1 amide bonds. The molecule has 0 saturated carbocycles. The number of ether oxygens (including phenoxy) is 1. The number of hydrogen-bond donors (Lipinski definition) is 2. The summed E-state index contributed by atoms with van der Waals surface area (Å²) < 4.78 is 5.78. The molecule has 2 rings (SSSR count). The SMILES string of the molecule is CNC(=O)C1CCCN1CC(O)COc1c(C)cccc1C. The van der Waals surface area contributed by atoms with Gasteiger partial charge in [-0.25, -0.2) is 0 Å². The van der Waals surface area contributed by atoms with Crippen molar-refractivity contribution in [3.63, 3.8) is 0 Å². The third-order valence-electron chi connectivity index (χ3n) is 4.19. The highest BCUT2D eigenvalue weighted by molar-refractivity contribution is 5.81. The van der Waals surface area contributed by atoms with Crippen LogP contribution in [0.15, 0.2) is 18.2 Å². The van der Waals surface area contributed by atoms with Gasteiger partial charge in [0.25, 0.3) is 0 Å².